The van der Waals surface area contributed by atoms with Crippen LogP contribution in [-0.4, -0.2) is 24.4 Å². The molecule has 0 fully saturated rings. The summed E-state index contributed by atoms with van der Waals surface area (Å²) in [6, 6.07) is 30.8. The predicted octanol–water partition coefficient (Wildman–Crippen LogP) is 5.72. The van der Waals surface area contributed by atoms with Gasteiger partial charge >= 0.3 is 7.25 Å². The summed E-state index contributed by atoms with van der Waals surface area (Å²) in [5.74, 6) is 0.718. The first-order chi connectivity index (χ1) is 13.7. The first-order valence-electron chi connectivity index (χ1n) is 9.04. The monoisotopic (exact) mass is 422 g/mol. The molecule has 0 aromatic heterocycles. The number of hydrogen-bond donors (Lipinski definition) is 1. The summed E-state index contributed by atoms with van der Waals surface area (Å²) in [6.45, 7) is 0. The van der Waals surface area contributed by atoms with E-state index in [1.165, 1.54) is 4.90 Å². The third kappa shape index (κ3) is 8.34. The molecule has 7 heteroatoms. The fourth-order valence-corrected chi connectivity index (χ4v) is 4.79. The van der Waals surface area contributed by atoms with Gasteiger partial charge in [0, 0.05) is 17.3 Å². The van der Waals surface area contributed by atoms with Gasteiger partial charge in [0.25, 0.3) is 0 Å². The number of hydrogen-bond acceptors (Lipinski definition) is 1. The maximum absolute atomic E-state index is 11.6. The highest BCUT2D eigenvalue weighted by Gasteiger charge is 2.37. The van der Waals surface area contributed by atoms with Gasteiger partial charge in [0.2, 0.25) is 0 Å². The van der Waals surface area contributed by atoms with Gasteiger partial charge < -0.3 is 22.4 Å². The van der Waals surface area contributed by atoms with Crippen molar-refractivity contribution in [3.05, 3.63) is 102 Å². The van der Waals surface area contributed by atoms with E-state index >= 15 is 0 Å². The molecular formula is C22H23BF4OS. The third-order valence-electron chi connectivity index (χ3n) is 4.25. The lowest BCUT2D eigenvalue weighted by Gasteiger charge is -2.27. The Morgan fingerprint density at radius 3 is 1.66 bits per heavy atom. The minimum atomic E-state index is -6.00. The van der Waals surface area contributed by atoms with E-state index in [9.17, 15) is 22.4 Å². The molecule has 0 radical (unpaired) electrons. The molecule has 1 nitrogen and oxygen atoms in total. The molecule has 0 saturated heterocycles. The van der Waals surface area contributed by atoms with Crippen LogP contribution in [0.3, 0.4) is 0 Å². The van der Waals surface area contributed by atoms with Gasteiger partial charge in [0.15, 0.2) is 4.90 Å². The standard InChI is InChI=1S/C22H23OS.BF4/c1-24(21-15-9-4-10-16-21)18-22(23,20-13-7-3-8-14-20)17-19-11-5-2-6-12-19;2-1(3,4)5/h2-16,23H,17-18H2,1H3;/q+1;-1. The molecule has 154 valence electrons. The maximum atomic E-state index is 11.6. The van der Waals surface area contributed by atoms with Crippen molar-refractivity contribution >= 4 is 18.1 Å². The average molecular weight is 422 g/mol. The molecule has 0 saturated carbocycles. The van der Waals surface area contributed by atoms with E-state index in [2.05, 4.69) is 42.7 Å². The molecule has 29 heavy (non-hydrogen) atoms. The summed E-state index contributed by atoms with van der Waals surface area (Å²) in [7, 11) is -6.03. The second kappa shape index (κ2) is 10.5. The lowest BCUT2D eigenvalue weighted by atomic mass is 9.89. The largest absolute Gasteiger partial charge is 0.673 e. The van der Waals surface area contributed by atoms with Gasteiger partial charge in [0.1, 0.15) is 17.6 Å². The smallest absolute Gasteiger partial charge is 0.418 e. The zero-order valence-electron chi connectivity index (χ0n) is 16.0. The van der Waals surface area contributed by atoms with E-state index in [0.717, 1.165) is 16.9 Å². The van der Waals surface area contributed by atoms with Gasteiger partial charge in [-0.25, -0.2) is 0 Å². The molecule has 3 rings (SSSR count). The van der Waals surface area contributed by atoms with E-state index < -0.39 is 12.9 Å². The van der Waals surface area contributed by atoms with Crippen LogP contribution in [0, 0.1) is 0 Å². The van der Waals surface area contributed by atoms with Crippen LogP contribution < -0.4 is 0 Å². The van der Waals surface area contributed by atoms with Gasteiger partial charge in [-0.1, -0.05) is 78.9 Å². The predicted molar refractivity (Wildman–Crippen MR) is 114 cm³/mol. The Morgan fingerprint density at radius 1 is 0.759 bits per heavy atom. The fourth-order valence-electron chi connectivity index (χ4n) is 3.01. The van der Waals surface area contributed by atoms with E-state index in [-0.39, 0.29) is 10.9 Å². The zero-order chi connectivity index (χ0) is 21.3. The van der Waals surface area contributed by atoms with E-state index in [0.29, 0.717) is 6.42 Å². The summed E-state index contributed by atoms with van der Waals surface area (Å²) in [6.07, 6.45) is 2.84. The van der Waals surface area contributed by atoms with Crippen molar-refractivity contribution in [2.75, 3.05) is 12.0 Å². The van der Waals surface area contributed by atoms with Crippen LogP contribution in [0.25, 0.3) is 0 Å². The van der Waals surface area contributed by atoms with Crippen molar-refractivity contribution in [2.45, 2.75) is 16.9 Å². The molecule has 3 aromatic carbocycles. The van der Waals surface area contributed by atoms with Crippen LogP contribution in [-0.2, 0) is 22.9 Å². The van der Waals surface area contributed by atoms with E-state index in [1.807, 2.05) is 54.6 Å². The van der Waals surface area contributed by atoms with E-state index in [1.54, 1.807) is 0 Å². The molecule has 0 aliphatic heterocycles. The lowest BCUT2D eigenvalue weighted by molar-refractivity contribution is 0.0623. The van der Waals surface area contributed by atoms with Crippen molar-refractivity contribution in [1.29, 1.82) is 0 Å². The van der Waals surface area contributed by atoms with Crippen LogP contribution in [0.15, 0.2) is 95.9 Å². The Hall–Kier alpha value is -2.25. The highest BCUT2D eigenvalue weighted by atomic mass is 32.2. The molecule has 0 aliphatic carbocycles. The second-order valence-electron chi connectivity index (χ2n) is 6.65. The zero-order valence-corrected chi connectivity index (χ0v) is 16.8. The Labute approximate surface area is 171 Å². The molecular weight excluding hydrogens is 399 g/mol. The second-order valence-corrected chi connectivity index (χ2v) is 8.68. The van der Waals surface area contributed by atoms with Crippen molar-refractivity contribution in [1.82, 2.24) is 0 Å². The van der Waals surface area contributed by atoms with Crippen molar-refractivity contribution in [3.63, 3.8) is 0 Å². The van der Waals surface area contributed by atoms with E-state index in [4.69, 9.17) is 0 Å². The van der Waals surface area contributed by atoms with Gasteiger partial charge in [-0.3, -0.25) is 0 Å². The minimum Gasteiger partial charge on any atom is -0.418 e. The van der Waals surface area contributed by atoms with Crippen LogP contribution >= 0.6 is 0 Å². The van der Waals surface area contributed by atoms with Crippen molar-refractivity contribution in [3.8, 4) is 0 Å². The number of halogens is 4. The molecule has 0 bridgehead atoms. The summed E-state index contributed by atoms with van der Waals surface area (Å²) in [4.78, 5) is 1.29. The number of aliphatic hydroxyl groups is 1. The number of benzene rings is 3. The third-order valence-corrected chi connectivity index (χ3v) is 6.24. The van der Waals surface area contributed by atoms with Crippen LogP contribution in [0.5, 0.6) is 0 Å². The molecule has 0 spiro atoms. The Kier molecular flexibility index (Phi) is 8.35. The molecule has 0 amide bonds. The van der Waals surface area contributed by atoms with Gasteiger partial charge in [0.05, 0.1) is 0 Å². The highest BCUT2D eigenvalue weighted by molar-refractivity contribution is 7.96. The first kappa shape index (κ1) is 23.0. The number of rotatable bonds is 6. The van der Waals surface area contributed by atoms with Crippen molar-refractivity contribution < 1.29 is 22.4 Å². The Bertz CT molecular complexity index is 841. The Balaban J connectivity index is 0.000000537. The molecule has 3 aromatic rings. The van der Waals surface area contributed by atoms with Crippen LogP contribution in [0.1, 0.15) is 11.1 Å². The molecule has 0 heterocycles. The maximum Gasteiger partial charge on any atom is 0.673 e. The summed E-state index contributed by atoms with van der Waals surface area (Å²) in [5, 5.41) is 11.6. The SMILES string of the molecule is C[S+](CC(O)(Cc1ccccc1)c1ccccc1)c1ccccc1.F[B-](F)(F)F. The molecule has 2 unspecified atom stereocenters. The van der Waals surface area contributed by atoms with Gasteiger partial charge in [-0.15, -0.1) is 0 Å². The Morgan fingerprint density at radius 2 is 1.17 bits per heavy atom. The average Bonchev–Trinajstić information content (AvgIpc) is 2.69. The highest BCUT2D eigenvalue weighted by Crippen LogP contribution is 2.30. The lowest BCUT2D eigenvalue weighted by Crippen LogP contribution is -2.36. The van der Waals surface area contributed by atoms with Gasteiger partial charge in [-0.2, -0.15) is 0 Å². The summed E-state index contributed by atoms with van der Waals surface area (Å²) < 4.78 is 39.0. The van der Waals surface area contributed by atoms with Crippen molar-refractivity contribution in [2.24, 2.45) is 0 Å². The fraction of sp³-hybridized carbons (Fsp3) is 0.182. The molecule has 2 atom stereocenters. The molecule has 1 N–H and O–H groups in total. The van der Waals surface area contributed by atoms with Crippen LogP contribution in [0.4, 0.5) is 17.3 Å². The summed E-state index contributed by atoms with van der Waals surface area (Å²) in [5.41, 5.74) is 1.29. The van der Waals surface area contributed by atoms with Crippen LogP contribution in [0.2, 0.25) is 0 Å². The minimum absolute atomic E-state index is 0.0270. The normalized spacial score (nSPS) is 14.3. The van der Waals surface area contributed by atoms with Gasteiger partial charge in [-0.05, 0) is 23.3 Å². The topological polar surface area (TPSA) is 20.2 Å². The quantitative estimate of drug-likeness (QED) is 0.306. The summed E-state index contributed by atoms with van der Waals surface area (Å²) >= 11 is 0. The first-order valence-corrected chi connectivity index (χ1v) is 10.8. The molecule has 0 aliphatic rings.